The van der Waals surface area contributed by atoms with Crippen LogP contribution in [0.4, 0.5) is 0 Å². The summed E-state index contributed by atoms with van der Waals surface area (Å²) in [5.41, 5.74) is -1.47. The van der Waals surface area contributed by atoms with Gasteiger partial charge in [-0.1, -0.05) is 6.92 Å². The number of aliphatic carboxylic acids is 1. The lowest BCUT2D eigenvalue weighted by Crippen LogP contribution is -2.66. The first-order valence-electron chi connectivity index (χ1n) is 10.0. The fourth-order valence-corrected chi connectivity index (χ4v) is 8.27. The van der Waals surface area contributed by atoms with Gasteiger partial charge in [-0.3, -0.25) is 4.79 Å². The zero-order valence-corrected chi connectivity index (χ0v) is 15.0. The topological polar surface area (TPSA) is 87.0 Å². The van der Waals surface area contributed by atoms with Gasteiger partial charge >= 0.3 is 5.97 Å². The molecule has 5 fully saturated rings. The van der Waals surface area contributed by atoms with E-state index in [1.807, 2.05) is 0 Å². The lowest BCUT2D eigenvalue weighted by molar-refractivity contribution is -0.216. The maximum atomic E-state index is 11.8. The number of ether oxygens (including phenoxy) is 1. The second-order valence-electron chi connectivity index (χ2n) is 9.95. The number of rotatable bonds is 1. The van der Waals surface area contributed by atoms with E-state index in [4.69, 9.17) is 4.74 Å². The van der Waals surface area contributed by atoms with Gasteiger partial charge in [-0.05, 0) is 68.6 Å². The predicted octanol–water partition coefficient (Wildman–Crippen LogP) is 2.34. The normalized spacial score (nSPS) is 59.8. The largest absolute Gasteiger partial charge is 0.481 e. The highest BCUT2D eigenvalue weighted by Crippen LogP contribution is 2.74. The molecule has 0 unspecified atom stereocenters. The van der Waals surface area contributed by atoms with E-state index >= 15 is 0 Å². The molecule has 5 nitrogen and oxygen atoms in total. The van der Waals surface area contributed by atoms with Gasteiger partial charge in [-0.15, -0.1) is 0 Å². The van der Waals surface area contributed by atoms with Crippen LogP contribution in [-0.4, -0.2) is 45.2 Å². The Morgan fingerprint density at radius 1 is 1.04 bits per heavy atom. The summed E-state index contributed by atoms with van der Waals surface area (Å²) < 4.78 is 6.60. The van der Waals surface area contributed by atoms with Crippen LogP contribution in [0.15, 0.2) is 0 Å². The fraction of sp³-hybridized carbons (Fsp3) is 0.950. The standard InChI is InChI=1S/C20H30O5/c1-17-6-5-15-18-7-4-12(21)10-19(18,24)8-9-20(15,25-11-18)14(17)3-2-13(17)16(22)23/h12-15,21,24H,2-11H2,1H3,(H,22,23)/t12-,13+,14+,15+,17+,18-,19-,20+/m1/s1. The summed E-state index contributed by atoms with van der Waals surface area (Å²) in [6.45, 7) is 2.76. The molecule has 1 heterocycles. The minimum absolute atomic E-state index is 0.183. The molecular weight excluding hydrogens is 320 g/mol. The molecule has 1 aliphatic heterocycles. The summed E-state index contributed by atoms with van der Waals surface area (Å²) in [5.74, 6) is -0.310. The van der Waals surface area contributed by atoms with Crippen LogP contribution in [-0.2, 0) is 9.53 Å². The Balaban J connectivity index is 1.56. The van der Waals surface area contributed by atoms with Crippen molar-refractivity contribution in [2.75, 3.05) is 6.61 Å². The molecule has 1 spiro atoms. The molecule has 0 radical (unpaired) electrons. The van der Waals surface area contributed by atoms with Gasteiger partial charge in [-0.2, -0.15) is 0 Å². The number of carbonyl (C=O) groups is 1. The Bertz CT molecular complexity index is 621. The van der Waals surface area contributed by atoms with Gasteiger partial charge < -0.3 is 20.1 Å². The van der Waals surface area contributed by atoms with Crippen LogP contribution in [0.5, 0.6) is 0 Å². The van der Waals surface area contributed by atoms with Crippen molar-refractivity contribution in [2.45, 2.75) is 82.0 Å². The lowest BCUT2D eigenvalue weighted by atomic mass is 9.42. The highest BCUT2D eigenvalue weighted by Gasteiger charge is 2.76. The van der Waals surface area contributed by atoms with Crippen LogP contribution in [0.1, 0.15) is 64.7 Å². The highest BCUT2D eigenvalue weighted by molar-refractivity contribution is 5.71. The third-order valence-corrected chi connectivity index (χ3v) is 9.40. The van der Waals surface area contributed by atoms with E-state index in [2.05, 4.69) is 6.92 Å². The molecule has 5 heteroatoms. The zero-order chi connectivity index (χ0) is 17.7. The minimum Gasteiger partial charge on any atom is -0.481 e. The van der Waals surface area contributed by atoms with E-state index in [1.54, 1.807) is 0 Å². The van der Waals surface area contributed by atoms with Gasteiger partial charge in [0.25, 0.3) is 0 Å². The molecule has 4 aliphatic carbocycles. The summed E-state index contributed by atoms with van der Waals surface area (Å²) in [4.78, 5) is 11.8. The van der Waals surface area contributed by atoms with Crippen LogP contribution >= 0.6 is 0 Å². The molecule has 2 bridgehead atoms. The molecule has 1 saturated heterocycles. The maximum absolute atomic E-state index is 11.8. The first-order valence-corrected chi connectivity index (χ1v) is 10.0. The van der Waals surface area contributed by atoms with E-state index < -0.39 is 17.7 Å². The summed E-state index contributed by atoms with van der Waals surface area (Å²) in [6.07, 6.45) is 6.72. The maximum Gasteiger partial charge on any atom is 0.307 e. The smallest absolute Gasteiger partial charge is 0.307 e. The molecule has 4 saturated carbocycles. The molecule has 140 valence electrons. The molecular formula is C20H30O5. The predicted molar refractivity (Wildman–Crippen MR) is 89.8 cm³/mol. The summed E-state index contributed by atoms with van der Waals surface area (Å²) in [7, 11) is 0. The van der Waals surface area contributed by atoms with Gasteiger partial charge in [-0.25, -0.2) is 0 Å². The average Bonchev–Trinajstić information content (AvgIpc) is 3.03. The number of hydrogen-bond donors (Lipinski definition) is 3. The second-order valence-corrected chi connectivity index (χ2v) is 9.95. The molecule has 5 rings (SSSR count). The van der Waals surface area contributed by atoms with Crippen molar-refractivity contribution in [2.24, 2.45) is 28.6 Å². The quantitative estimate of drug-likeness (QED) is 0.676. The van der Waals surface area contributed by atoms with Crippen molar-refractivity contribution in [3.05, 3.63) is 0 Å². The third kappa shape index (κ3) is 1.73. The molecule has 5 aliphatic rings. The first kappa shape index (κ1) is 16.5. The summed E-state index contributed by atoms with van der Waals surface area (Å²) in [5, 5.41) is 31.4. The van der Waals surface area contributed by atoms with E-state index in [-0.39, 0.29) is 28.3 Å². The summed E-state index contributed by atoms with van der Waals surface area (Å²) in [6, 6.07) is 0. The second kappa shape index (κ2) is 4.79. The minimum atomic E-state index is -0.812. The van der Waals surface area contributed by atoms with Crippen molar-refractivity contribution >= 4 is 5.97 Å². The SMILES string of the molecule is C[C@@]12CC[C@@H]3[C@]4(CC[C@@]5(O)C[C@H](O)CC[C@@]35CO4)[C@H]1CC[C@H]2C(=O)O. The number of aliphatic hydroxyl groups is 2. The number of carboxylic acid groups (broad SMARTS) is 1. The van der Waals surface area contributed by atoms with Crippen LogP contribution in [0.3, 0.4) is 0 Å². The average molecular weight is 350 g/mol. The lowest BCUT2D eigenvalue weighted by Gasteiger charge is -2.63. The van der Waals surface area contributed by atoms with Crippen LogP contribution in [0.25, 0.3) is 0 Å². The van der Waals surface area contributed by atoms with E-state index in [1.165, 1.54) is 0 Å². The molecule has 3 N–H and O–H groups in total. The molecule has 25 heavy (non-hydrogen) atoms. The summed E-state index contributed by atoms with van der Waals surface area (Å²) >= 11 is 0. The van der Waals surface area contributed by atoms with Gasteiger partial charge in [0.1, 0.15) is 0 Å². The monoisotopic (exact) mass is 350 g/mol. The first-order chi connectivity index (χ1) is 11.8. The van der Waals surface area contributed by atoms with Crippen LogP contribution < -0.4 is 0 Å². The Morgan fingerprint density at radius 2 is 1.84 bits per heavy atom. The van der Waals surface area contributed by atoms with Crippen molar-refractivity contribution in [1.29, 1.82) is 0 Å². The molecule has 0 aromatic carbocycles. The number of carboxylic acids is 1. The Kier molecular flexibility index (Phi) is 3.16. The van der Waals surface area contributed by atoms with E-state index in [0.29, 0.717) is 25.4 Å². The van der Waals surface area contributed by atoms with E-state index in [0.717, 1.165) is 44.9 Å². The number of fused-ring (bicyclic) bond motifs is 1. The van der Waals surface area contributed by atoms with Crippen molar-refractivity contribution < 1.29 is 24.9 Å². The Hall–Kier alpha value is -0.650. The Labute approximate surface area is 148 Å². The third-order valence-electron chi connectivity index (χ3n) is 9.40. The number of hydrogen-bond acceptors (Lipinski definition) is 4. The van der Waals surface area contributed by atoms with E-state index in [9.17, 15) is 20.1 Å². The zero-order valence-electron chi connectivity index (χ0n) is 15.0. The van der Waals surface area contributed by atoms with Crippen molar-refractivity contribution in [3.63, 3.8) is 0 Å². The fourth-order valence-electron chi connectivity index (χ4n) is 8.27. The van der Waals surface area contributed by atoms with Gasteiger partial charge in [0.15, 0.2) is 0 Å². The Morgan fingerprint density at radius 3 is 2.60 bits per heavy atom. The van der Waals surface area contributed by atoms with Gasteiger partial charge in [0, 0.05) is 11.8 Å². The molecule has 0 amide bonds. The van der Waals surface area contributed by atoms with Gasteiger partial charge in [0.05, 0.1) is 29.8 Å². The van der Waals surface area contributed by atoms with Crippen LogP contribution in [0, 0.1) is 28.6 Å². The molecule has 8 atom stereocenters. The highest BCUT2D eigenvalue weighted by atomic mass is 16.5. The van der Waals surface area contributed by atoms with Gasteiger partial charge in [0.2, 0.25) is 0 Å². The van der Waals surface area contributed by atoms with Crippen LogP contribution in [0.2, 0.25) is 0 Å². The molecule has 0 aromatic heterocycles. The molecule has 0 aromatic rings. The van der Waals surface area contributed by atoms with Crippen molar-refractivity contribution in [1.82, 2.24) is 0 Å². The number of aliphatic hydroxyl groups excluding tert-OH is 1. The van der Waals surface area contributed by atoms with Crippen molar-refractivity contribution in [3.8, 4) is 0 Å².